The van der Waals surface area contributed by atoms with Crippen molar-refractivity contribution in [1.82, 2.24) is 14.7 Å². The average molecular weight is 367 g/mol. The number of hydrogen-bond acceptors (Lipinski definition) is 5. The lowest BCUT2D eigenvalue weighted by molar-refractivity contribution is 0.0940. The van der Waals surface area contributed by atoms with Gasteiger partial charge in [-0.15, -0.1) is 22.7 Å². The van der Waals surface area contributed by atoms with Crippen molar-refractivity contribution < 1.29 is 9.21 Å². The van der Waals surface area contributed by atoms with Crippen molar-refractivity contribution in [1.29, 1.82) is 0 Å². The van der Waals surface area contributed by atoms with Crippen LogP contribution < -0.4 is 5.32 Å². The molecule has 1 unspecified atom stereocenters. The Morgan fingerprint density at radius 1 is 1.32 bits per heavy atom. The molecule has 25 heavy (non-hydrogen) atoms. The molecule has 0 aliphatic rings. The van der Waals surface area contributed by atoms with E-state index in [-0.39, 0.29) is 11.9 Å². The number of rotatable bonds is 3. The summed E-state index contributed by atoms with van der Waals surface area (Å²) >= 11 is 3.00. The summed E-state index contributed by atoms with van der Waals surface area (Å²) in [5.41, 5.74) is 1.80. The van der Waals surface area contributed by atoms with Crippen LogP contribution in [0.4, 0.5) is 0 Å². The maximum absolute atomic E-state index is 12.6. The first-order chi connectivity index (χ1) is 12.2. The molecular weight excluding hydrogens is 354 g/mol. The number of fused-ring (bicyclic) bond motifs is 4. The Morgan fingerprint density at radius 2 is 2.20 bits per heavy atom. The molecule has 4 heterocycles. The van der Waals surface area contributed by atoms with Gasteiger partial charge in [0.1, 0.15) is 16.2 Å². The van der Waals surface area contributed by atoms with Crippen LogP contribution in [0.1, 0.15) is 28.4 Å². The zero-order chi connectivity index (χ0) is 17.0. The molecule has 0 aliphatic carbocycles. The Hall–Kier alpha value is -2.64. The van der Waals surface area contributed by atoms with Gasteiger partial charge in [-0.3, -0.25) is 9.20 Å². The summed E-state index contributed by atoms with van der Waals surface area (Å²) in [6.07, 6.45) is 1.97. The maximum Gasteiger partial charge on any atom is 0.262 e. The van der Waals surface area contributed by atoms with E-state index in [0.717, 1.165) is 32.0 Å². The number of aromatic nitrogens is 2. The van der Waals surface area contributed by atoms with Gasteiger partial charge < -0.3 is 9.73 Å². The summed E-state index contributed by atoms with van der Waals surface area (Å²) in [7, 11) is 0. The topological polar surface area (TPSA) is 59.5 Å². The number of para-hydroxylation sites is 1. The lowest BCUT2D eigenvalue weighted by Gasteiger charge is -2.10. The van der Waals surface area contributed by atoms with E-state index in [1.807, 2.05) is 59.3 Å². The smallest absolute Gasteiger partial charge is 0.262 e. The third kappa shape index (κ3) is 2.35. The number of amides is 1. The number of nitrogens with one attached hydrogen (secondary N) is 1. The minimum atomic E-state index is -0.210. The highest BCUT2D eigenvalue weighted by atomic mass is 32.1. The number of thiophene rings is 1. The van der Waals surface area contributed by atoms with Gasteiger partial charge in [-0.05, 0) is 25.1 Å². The first-order valence-electron chi connectivity index (χ1n) is 7.83. The standard InChI is InChI=1S/C18H13N3O2S2/c1-10(14-8-11-4-2-3-5-13(11)23-14)19-16(22)15-9-12-17(25-15)20-18-21(12)6-7-24-18/h2-10H,1H3,(H,19,22). The summed E-state index contributed by atoms with van der Waals surface area (Å²) in [6.45, 7) is 1.92. The zero-order valence-electron chi connectivity index (χ0n) is 13.2. The van der Waals surface area contributed by atoms with Gasteiger partial charge in [-0.2, -0.15) is 0 Å². The van der Waals surface area contributed by atoms with Crippen LogP contribution in [0, 0.1) is 0 Å². The maximum atomic E-state index is 12.6. The number of nitrogens with zero attached hydrogens (tertiary/aromatic N) is 2. The van der Waals surface area contributed by atoms with Gasteiger partial charge in [0.15, 0.2) is 4.96 Å². The molecule has 0 spiro atoms. The number of thiazole rings is 1. The number of hydrogen-bond donors (Lipinski definition) is 1. The normalized spacial score (nSPS) is 13.0. The largest absolute Gasteiger partial charge is 0.459 e. The summed E-state index contributed by atoms with van der Waals surface area (Å²) in [5.74, 6) is 0.637. The van der Waals surface area contributed by atoms with Crippen LogP contribution in [0.3, 0.4) is 0 Å². The first-order valence-corrected chi connectivity index (χ1v) is 9.53. The Bertz CT molecular complexity index is 1190. The molecule has 4 aromatic heterocycles. The van der Waals surface area contributed by atoms with Crippen LogP contribution in [0.5, 0.6) is 0 Å². The molecule has 7 heteroatoms. The second-order valence-corrected chi connectivity index (χ2v) is 7.75. The lowest BCUT2D eigenvalue weighted by atomic mass is 10.2. The molecular formula is C18H13N3O2S2. The molecule has 0 saturated heterocycles. The van der Waals surface area contributed by atoms with Crippen LogP contribution in [0.2, 0.25) is 0 Å². The Morgan fingerprint density at radius 3 is 3.08 bits per heavy atom. The van der Waals surface area contributed by atoms with Gasteiger partial charge in [-0.25, -0.2) is 4.98 Å². The van der Waals surface area contributed by atoms with Gasteiger partial charge in [-0.1, -0.05) is 18.2 Å². The van der Waals surface area contributed by atoms with Crippen molar-refractivity contribution in [2.45, 2.75) is 13.0 Å². The van der Waals surface area contributed by atoms with Crippen molar-refractivity contribution in [3.05, 3.63) is 58.6 Å². The number of benzene rings is 1. The monoisotopic (exact) mass is 367 g/mol. The number of carbonyl (C=O) groups is 1. The Kier molecular flexibility index (Phi) is 3.19. The summed E-state index contributed by atoms with van der Waals surface area (Å²) in [4.78, 5) is 19.6. The van der Waals surface area contributed by atoms with Crippen molar-refractivity contribution in [3.8, 4) is 0 Å². The summed E-state index contributed by atoms with van der Waals surface area (Å²) < 4.78 is 7.84. The van der Waals surface area contributed by atoms with Crippen molar-refractivity contribution in [3.63, 3.8) is 0 Å². The van der Waals surface area contributed by atoms with E-state index in [0.29, 0.717) is 4.88 Å². The molecule has 5 nitrogen and oxygen atoms in total. The van der Waals surface area contributed by atoms with Crippen LogP contribution in [0.25, 0.3) is 26.3 Å². The van der Waals surface area contributed by atoms with E-state index in [2.05, 4.69) is 10.3 Å². The molecule has 1 aromatic carbocycles. The van der Waals surface area contributed by atoms with Crippen LogP contribution >= 0.6 is 22.7 Å². The molecule has 0 aliphatic heterocycles. The van der Waals surface area contributed by atoms with Crippen LogP contribution in [0.15, 0.2) is 52.4 Å². The second-order valence-electron chi connectivity index (χ2n) is 5.85. The minimum absolute atomic E-state index is 0.111. The molecule has 5 aromatic rings. The van der Waals surface area contributed by atoms with E-state index < -0.39 is 0 Å². The fraction of sp³-hybridized carbons (Fsp3) is 0.111. The third-order valence-corrected chi connectivity index (χ3v) is 5.96. The number of carbonyl (C=O) groups excluding carboxylic acids is 1. The van der Waals surface area contributed by atoms with Crippen molar-refractivity contribution in [2.75, 3.05) is 0 Å². The zero-order valence-corrected chi connectivity index (χ0v) is 14.9. The van der Waals surface area contributed by atoms with E-state index in [1.54, 1.807) is 11.3 Å². The highest BCUT2D eigenvalue weighted by Gasteiger charge is 2.19. The Balaban J connectivity index is 1.42. The molecule has 1 atom stereocenters. The van der Waals surface area contributed by atoms with E-state index >= 15 is 0 Å². The SMILES string of the molecule is CC(NC(=O)c1cc2c(nc3sccn32)s1)c1cc2ccccc2o1. The molecule has 1 amide bonds. The number of imidazole rings is 1. The molecule has 124 valence electrons. The lowest BCUT2D eigenvalue weighted by Crippen LogP contribution is -2.25. The van der Waals surface area contributed by atoms with Gasteiger partial charge in [0.05, 0.1) is 16.4 Å². The van der Waals surface area contributed by atoms with Gasteiger partial charge in [0, 0.05) is 17.0 Å². The van der Waals surface area contributed by atoms with Gasteiger partial charge in [0.2, 0.25) is 0 Å². The van der Waals surface area contributed by atoms with E-state index in [4.69, 9.17) is 4.42 Å². The van der Waals surface area contributed by atoms with Gasteiger partial charge >= 0.3 is 0 Å². The van der Waals surface area contributed by atoms with Crippen LogP contribution in [-0.2, 0) is 0 Å². The molecule has 0 fully saturated rings. The average Bonchev–Trinajstić information content (AvgIpc) is 3.34. The molecule has 1 N–H and O–H groups in total. The second kappa shape index (κ2) is 5.44. The predicted molar refractivity (Wildman–Crippen MR) is 101 cm³/mol. The first kappa shape index (κ1) is 14.7. The predicted octanol–water partition coefficient (Wildman–Crippen LogP) is 4.85. The third-order valence-electron chi connectivity index (χ3n) is 4.18. The van der Waals surface area contributed by atoms with E-state index in [1.165, 1.54) is 11.3 Å². The van der Waals surface area contributed by atoms with Gasteiger partial charge in [0.25, 0.3) is 5.91 Å². The van der Waals surface area contributed by atoms with Crippen molar-refractivity contribution >= 4 is 54.9 Å². The van der Waals surface area contributed by atoms with E-state index in [9.17, 15) is 4.79 Å². The minimum Gasteiger partial charge on any atom is -0.459 e. The molecule has 0 radical (unpaired) electrons. The fourth-order valence-electron chi connectivity index (χ4n) is 2.91. The Labute approximate surface area is 150 Å². The quantitative estimate of drug-likeness (QED) is 0.496. The van der Waals surface area contributed by atoms with Crippen LogP contribution in [-0.4, -0.2) is 15.3 Å². The highest BCUT2D eigenvalue weighted by molar-refractivity contribution is 7.21. The molecule has 0 saturated carbocycles. The fourth-order valence-corrected chi connectivity index (χ4v) is 4.62. The molecule has 5 rings (SSSR count). The summed E-state index contributed by atoms with van der Waals surface area (Å²) in [5, 5.41) is 6.03. The molecule has 0 bridgehead atoms. The number of furan rings is 1. The highest BCUT2D eigenvalue weighted by Crippen LogP contribution is 2.29. The summed E-state index contributed by atoms with van der Waals surface area (Å²) in [6, 6.07) is 11.5. The van der Waals surface area contributed by atoms with Crippen molar-refractivity contribution in [2.24, 2.45) is 0 Å².